The van der Waals surface area contributed by atoms with Crippen LogP contribution >= 0.6 is 11.6 Å². The Bertz CT molecular complexity index is 735. The zero-order valence-corrected chi connectivity index (χ0v) is 13.5. The molecule has 7 heteroatoms. The van der Waals surface area contributed by atoms with Crippen LogP contribution < -0.4 is 0 Å². The van der Waals surface area contributed by atoms with E-state index in [9.17, 15) is 22.8 Å². The summed E-state index contributed by atoms with van der Waals surface area (Å²) in [5, 5.41) is -0.0642. The van der Waals surface area contributed by atoms with E-state index in [2.05, 4.69) is 0 Å². The largest absolute Gasteiger partial charge is 0.298 e. The molecule has 0 atom stereocenters. The van der Waals surface area contributed by atoms with Crippen LogP contribution in [-0.2, 0) is 19.4 Å². The molecule has 0 amide bonds. The second kappa shape index (κ2) is 6.30. The van der Waals surface area contributed by atoms with Gasteiger partial charge in [-0.05, 0) is 24.6 Å². The topological polar surface area (TPSA) is 85.3 Å². The summed E-state index contributed by atoms with van der Waals surface area (Å²) in [7, 11) is -3.44. The Balaban J connectivity index is 2.39. The van der Waals surface area contributed by atoms with Crippen molar-refractivity contribution < 1.29 is 22.8 Å². The van der Waals surface area contributed by atoms with E-state index >= 15 is 0 Å². The summed E-state index contributed by atoms with van der Waals surface area (Å²) in [4.78, 5) is 36.1. The molecule has 1 aromatic rings. The maximum absolute atomic E-state index is 12.4. The zero-order chi connectivity index (χ0) is 16.5. The Hall–Kier alpha value is -1.53. The minimum absolute atomic E-state index is 0.00493. The zero-order valence-electron chi connectivity index (χ0n) is 12.0. The fourth-order valence-corrected chi connectivity index (χ4v) is 3.65. The molecule has 0 spiro atoms. The molecule has 0 radical (unpaired) electrons. The van der Waals surface area contributed by atoms with Crippen molar-refractivity contribution in [2.45, 2.75) is 31.1 Å². The van der Waals surface area contributed by atoms with E-state index in [-0.39, 0.29) is 34.1 Å². The van der Waals surface area contributed by atoms with Gasteiger partial charge in [-0.15, -0.1) is 0 Å². The molecule has 22 heavy (non-hydrogen) atoms. The number of benzene rings is 1. The van der Waals surface area contributed by atoms with Crippen molar-refractivity contribution in [1.82, 2.24) is 0 Å². The van der Waals surface area contributed by atoms with Gasteiger partial charge in [0.25, 0.3) is 0 Å². The molecule has 1 fully saturated rings. The Morgan fingerprint density at radius 2 is 1.82 bits per heavy atom. The number of sulfone groups is 1. The van der Waals surface area contributed by atoms with Gasteiger partial charge in [-0.2, -0.15) is 0 Å². The number of rotatable bonds is 4. The molecule has 118 valence electrons. The molecule has 0 aromatic heterocycles. The Morgan fingerprint density at radius 3 is 2.32 bits per heavy atom. The van der Waals surface area contributed by atoms with Crippen LogP contribution in [0.15, 0.2) is 23.1 Å². The predicted molar refractivity (Wildman–Crippen MR) is 80.9 cm³/mol. The number of ketones is 3. The molecule has 2 rings (SSSR count). The highest BCUT2D eigenvalue weighted by Gasteiger charge is 2.37. The van der Waals surface area contributed by atoms with Gasteiger partial charge < -0.3 is 0 Å². The summed E-state index contributed by atoms with van der Waals surface area (Å²) in [5.74, 6) is -2.85. The molecule has 0 unspecified atom stereocenters. The normalized spacial score (nSPS) is 16.8. The molecule has 1 saturated carbocycles. The van der Waals surface area contributed by atoms with E-state index in [0.717, 1.165) is 0 Å². The van der Waals surface area contributed by atoms with E-state index in [1.54, 1.807) is 0 Å². The fourth-order valence-electron chi connectivity index (χ4n) is 2.41. The summed E-state index contributed by atoms with van der Waals surface area (Å²) in [6.45, 7) is 1.50. The highest BCUT2D eigenvalue weighted by molar-refractivity contribution is 7.91. The molecular formula is C15H15ClO5S. The summed E-state index contributed by atoms with van der Waals surface area (Å²) in [5.41, 5.74) is 0.00493. The van der Waals surface area contributed by atoms with Crippen molar-refractivity contribution in [2.24, 2.45) is 5.92 Å². The minimum atomic E-state index is -3.44. The number of carbonyl (C=O) groups is 3. The van der Waals surface area contributed by atoms with Crippen molar-refractivity contribution in [3.05, 3.63) is 28.8 Å². The molecule has 0 aliphatic heterocycles. The Labute approximate surface area is 133 Å². The highest BCUT2D eigenvalue weighted by Crippen LogP contribution is 2.27. The van der Waals surface area contributed by atoms with Crippen molar-refractivity contribution in [2.75, 3.05) is 5.75 Å². The first-order chi connectivity index (χ1) is 10.3. The maximum atomic E-state index is 12.4. The second-order valence-electron chi connectivity index (χ2n) is 5.13. The lowest BCUT2D eigenvalue weighted by atomic mass is 9.82. The van der Waals surface area contributed by atoms with E-state index in [1.807, 2.05) is 0 Å². The van der Waals surface area contributed by atoms with Crippen molar-refractivity contribution >= 4 is 38.8 Å². The number of carbonyl (C=O) groups excluding carboxylic acids is 3. The molecule has 5 nitrogen and oxygen atoms in total. The Kier molecular flexibility index (Phi) is 4.82. The average Bonchev–Trinajstić information content (AvgIpc) is 2.46. The van der Waals surface area contributed by atoms with Gasteiger partial charge in [0, 0.05) is 18.4 Å². The first kappa shape index (κ1) is 16.8. The van der Waals surface area contributed by atoms with E-state index in [4.69, 9.17) is 11.6 Å². The lowest BCUT2D eigenvalue weighted by Gasteiger charge is -2.18. The standard InChI is InChI=1S/C15H15ClO5S/c1-2-22(20,21)9-6-7-10(11(16)8-9)15(19)14-12(17)4-3-5-13(14)18/h6-8,14H,2-5H2,1H3. The second-order valence-corrected chi connectivity index (χ2v) is 7.81. The van der Waals surface area contributed by atoms with Crippen LogP contribution in [0, 0.1) is 5.92 Å². The lowest BCUT2D eigenvalue weighted by Crippen LogP contribution is -2.35. The van der Waals surface area contributed by atoms with Crippen LogP contribution in [0.4, 0.5) is 0 Å². The van der Waals surface area contributed by atoms with Crippen molar-refractivity contribution in [3.63, 3.8) is 0 Å². The van der Waals surface area contributed by atoms with Crippen LogP contribution in [-0.4, -0.2) is 31.5 Å². The average molecular weight is 343 g/mol. The van der Waals surface area contributed by atoms with Gasteiger partial charge >= 0.3 is 0 Å². The molecule has 1 aliphatic rings. The van der Waals surface area contributed by atoms with Gasteiger partial charge in [-0.1, -0.05) is 18.5 Å². The van der Waals surface area contributed by atoms with Gasteiger partial charge in [0.1, 0.15) is 5.92 Å². The fraction of sp³-hybridized carbons (Fsp3) is 0.400. The van der Waals surface area contributed by atoms with Crippen LogP contribution in [0.2, 0.25) is 5.02 Å². The monoisotopic (exact) mass is 342 g/mol. The summed E-state index contributed by atoms with van der Waals surface area (Å²) >= 11 is 5.99. The van der Waals surface area contributed by atoms with Gasteiger partial charge in [0.15, 0.2) is 27.2 Å². The number of halogens is 1. The lowest BCUT2D eigenvalue weighted by molar-refractivity contribution is -0.133. The SMILES string of the molecule is CCS(=O)(=O)c1ccc(C(=O)C2C(=O)CCCC2=O)c(Cl)c1. The summed E-state index contributed by atoms with van der Waals surface area (Å²) in [6.07, 6.45) is 0.854. The predicted octanol–water partition coefficient (Wildman–Crippen LogP) is 2.25. The van der Waals surface area contributed by atoms with E-state index in [0.29, 0.717) is 6.42 Å². The molecule has 0 bridgehead atoms. The molecular weight excluding hydrogens is 328 g/mol. The van der Waals surface area contributed by atoms with Crippen molar-refractivity contribution in [3.8, 4) is 0 Å². The highest BCUT2D eigenvalue weighted by atomic mass is 35.5. The smallest absolute Gasteiger partial charge is 0.182 e. The summed E-state index contributed by atoms with van der Waals surface area (Å²) in [6, 6.07) is 3.73. The van der Waals surface area contributed by atoms with Gasteiger partial charge in [0.2, 0.25) is 0 Å². The summed E-state index contributed by atoms with van der Waals surface area (Å²) < 4.78 is 23.6. The van der Waals surface area contributed by atoms with E-state index < -0.39 is 33.1 Å². The molecule has 0 N–H and O–H groups in total. The maximum Gasteiger partial charge on any atom is 0.182 e. The van der Waals surface area contributed by atoms with Gasteiger partial charge in [-0.3, -0.25) is 14.4 Å². The minimum Gasteiger partial charge on any atom is -0.298 e. The third-order valence-electron chi connectivity index (χ3n) is 3.70. The quantitative estimate of drug-likeness (QED) is 0.619. The number of hydrogen-bond donors (Lipinski definition) is 0. The van der Waals surface area contributed by atoms with Gasteiger partial charge in [-0.25, -0.2) is 8.42 Å². The first-order valence-electron chi connectivity index (χ1n) is 6.90. The Morgan fingerprint density at radius 1 is 1.23 bits per heavy atom. The molecule has 0 heterocycles. The van der Waals surface area contributed by atoms with Crippen molar-refractivity contribution in [1.29, 1.82) is 0 Å². The molecule has 1 aliphatic carbocycles. The number of Topliss-reactive ketones (excluding diaryl/α,β-unsaturated/α-hetero) is 3. The van der Waals surface area contributed by atoms with Crippen LogP contribution in [0.1, 0.15) is 36.5 Å². The first-order valence-corrected chi connectivity index (χ1v) is 8.93. The third-order valence-corrected chi connectivity index (χ3v) is 5.74. The third kappa shape index (κ3) is 3.13. The van der Waals surface area contributed by atoms with Crippen LogP contribution in [0.25, 0.3) is 0 Å². The van der Waals surface area contributed by atoms with Crippen LogP contribution in [0.5, 0.6) is 0 Å². The van der Waals surface area contributed by atoms with E-state index in [1.165, 1.54) is 25.1 Å². The van der Waals surface area contributed by atoms with Gasteiger partial charge in [0.05, 0.1) is 15.7 Å². The number of hydrogen-bond acceptors (Lipinski definition) is 5. The molecule has 1 aromatic carbocycles. The molecule has 0 saturated heterocycles. The van der Waals surface area contributed by atoms with Crippen LogP contribution in [0.3, 0.4) is 0 Å².